The van der Waals surface area contributed by atoms with E-state index in [9.17, 15) is 4.79 Å². The monoisotopic (exact) mass is 342 g/mol. The maximum absolute atomic E-state index is 11.1. The lowest BCUT2D eigenvalue weighted by molar-refractivity contribution is -0.136. The van der Waals surface area contributed by atoms with Crippen molar-refractivity contribution >= 4 is 34.7 Å². The summed E-state index contributed by atoms with van der Waals surface area (Å²) in [6.45, 7) is 3.96. The smallest absolute Gasteiger partial charge is 0.309 e. The molecular weight excluding hydrogens is 328 g/mol. The van der Waals surface area contributed by atoms with E-state index in [0.29, 0.717) is 27.9 Å². The highest BCUT2D eigenvalue weighted by Crippen LogP contribution is 2.27. The highest BCUT2D eigenvalue weighted by Gasteiger charge is 2.15. The second-order valence-corrected chi connectivity index (χ2v) is 6.01. The third-order valence-corrected chi connectivity index (χ3v) is 3.64. The minimum atomic E-state index is -0.979. The van der Waals surface area contributed by atoms with E-state index in [1.165, 1.54) is 0 Å². The number of rotatable bonds is 4. The van der Waals surface area contributed by atoms with Crippen LogP contribution in [0.5, 0.6) is 0 Å². The number of halogens is 1. The molecule has 0 aliphatic heterocycles. The van der Waals surface area contributed by atoms with E-state index in [1.807, 2.05) is 32.0 Å². The molecule has 0 fully saturated rings. The molecule has 0 aliphatic rings. The lowest BCUT2D eigenvalue weighted by Gasteiger charge is -2.00. The van der Waals surface area contributed by atoms with Gasteiger partial charge in [0.15, 0.2) is 5.82 Å². The van der Waals surface area contributed by atoms with Crippen LogP contribution in [-0.4, -0.2) is 20.5 Å². The average molecular weight is 343 g/mol. The first kappa shape index (κ1) is 16.1. The van der Waals surface area contributed by atoms with Crippen LogP contribution < -0.4 is 0 Å². The van der Waals surface area contributed by atoms with E-state index < -0.39 is 5.97 Å². The zero-order chi connectivity index (χ0) is 17.3. The van der Waals surface area contributed by atoms with Crippen molar-refractivity contribution in [3.8, 4) is 0 Å². The summed E-state index contributed by atoms with van der Waals surface area (Å²) in [6, 6.07) is 9.26. The quantitative estimate of drug-likeness (QED) is 0.701. The predicted octanol–water partition coefficient (Wildman–Crippen LogP) is 4.65. The van der Waals surface area contributed by atoms with Gasteiger partial charge in [0.2, 0.25) is 0 Å². The van der Waals surface area contributed by atoms with Crippen LogP contribution in [0.1, 0.15) is 16.8 Å². The number of nitrogens with zero attached hydrogens (tertiary/aromatic N) is 4. The van der Waals surface area contributed by atoms with Gasteiger partial charge >= 0.3 is 5.97 Å². The summed E-state index contributed by atoms with van der Waals surface area (Å²) >= 11 is 6.03. The Hall–Kier alpha value is -2.73. The van der Waals surface area contributed by atoms with Crippen molar-refractivity contribution < 1.29 is 9.90 Å². The second kappa shape index (κ2) is 6.41. The van der Waals surface area contributed by atoms with Crippen LogP contribution in [0.3, 0.4) is 0 Å². The molecule has 0 aliphatic carbocycles. The van der Waals surface area contributed by atoms with Gasteiger partial charge in [-0.3, -0.25) is 9.20 Å². The molecule has 3 aromatic rings. The van der Waals surface area contributed by atoms with Gasteiger partial charge in [0, 0.05) is 6.20 Å². The van der Waals surface area contributed by atoms with Crippen molar-refractivity contribution in [2.75, 3.05) is 0 Å². The third kappa shape index (κ3) is 3.44. The van der Waals surface area contributed by atoms with Gasteiger partial charge in [-0.05, 0) is 49.2 Å². The van der Waals surface area contributed by atoms with Crippen molar-refractivity contribution in [1.29, 1.82) is 0 Å². The Morgan fingerprint density at radius 3 is 2.58 bits per heavy atom. The number of hydrogen-bond acceptors (Lipinski definition) is 4. The fourth-order valence-corrected chi connectivity index (χ4v) is 2.70. The molecule has 0 radical (unpaired) electrons. The SMILES string of the molecule is Cc1cc(C)cc(N=Nc2c(CC(=O)O)nc3ccc(Cl)cn23)c1. The van der Waals surface area contributed by atoms with E-state index in [0.717, 1.165) is 11.1 Å². The number of aryl methyl sites for hydroxylation is 2. The summed E-state index contributed by atoms with van der Waals surface area (Å²) in [6.07, 6.45) is 1.41. The maximum Gasteiger partial charge on any atom is 0.309 e. The van der Waals surface area contributed by atoms with Gasteiger partial charge in [-0.2, -0.15) is 0 Å². The zero-order valence-corrected chi connectivity index (χ0v) is 13.9. The van der Waals surface area contributed by atoms with Crippen LogP contribution in [0.2, 0.25) is 5.02 Å². The molecule has 3 rings (SSSR count). The number of hydrogen-bond donors (Lipinski definition) is 1. The third-order valence-electron chi connectivity index (χ3n) is 3.41. The first-order valence-corrected chi connectivity index (χ1v) is 7.68. The summed E-state index contributed by atoms with van der Waals surface area (Å²) in [5, 5.41) is 18.1. The van der Waals surface area contributed by atoms with Crippen LogP contribution in [0.4, 0.5) is 11.5 Å². The molecule has 0 atom stereocenters. The van der Waals surface area contributed by atoms with Gasteiger partial charge in [0.25, 0.3) is 0 Å². The van der Waals surface area contributed by atoms with Gasteiger partial charge in [0.1, 0.15) is 5.65 Å². The number of benzene rings is 1. The van der Waals surface area contributed by atoms with E-state index in [1.54, 1.807) is 22.7 Å². The summed E-state index contributed by atoms with van der Waals surface area (Å²) in [5.41, 5.74) is 3.78. The van der Waals surface area contributed by atoms with Gasteiger partial charge in [-0.25, -0.2) is 4.98 Å². The normalized spacial score (nSPS) is 11.5. The summed E-state index contributed by atoms with van der Waals surface area (Å²) < 4.78 is 1.65. The summed E-state index contributed by atoms with van der Waals surface area (Å²) in [7, 11) is 0. The van der Waals surface area contributed by atoms with Crippen LogP contribution in [0, 0.1) is 13.8 Å². The standard InChI is InChI=1S/C17H15ClN4O2/c1-10-5-11(2)7-13(6-10)20-21-17-14(8-16(23)24)19-15-4-3-12(18)9-22(15)17/h3-7,9H,8H2,1-2H3,(H,23,24). The molecule has 1 aromatic carbocycles. The molecule has 2 aromatic heterocycles. The van der Waals surface area contributed by atoms with Crippen molar-refractivity contribution in [1.82, 2.24) is 9.38 Å². The average Bonchev–Trinajstić information content (AvgIpc) is 2.80. The molecule has 0 saturated heterocycles. The molecule has 0 saturated carbocycles. The van der Waals surface area contributed by atoms with Crippen molar-refractivity contribution in [3.63, 3.8) is 0 Å². The molecule has 7 heteroatoms. The van der Waals surface area contributed by atoms with E-state index in [2.05, 4.69) is 15.2 Å². The fourth-order valence-electron chi connectivity index (χ4n) is 2.54. The number of aliphatic carboxylic acids is 1. The van der Waals surface area contributed by atoms with Crippen LogP contribution in [0.25, 0.3) is 5.65 Å². The van der Waals surface area contributed by atoms with Gasteiger partial charge in [-0.15, -0.1) is 10.2 Å². The van der Waals surface area contributed by atoms with Crippen LogP contribution in [0.15, 0.2) is 46.8 Å². The maximum atomic E-state index is 11.1. The molecule has 6 nitrogen and oxygen atoms in total. The predicted molar refractivity (Wildman–Crippen MR) is 91.6 cm³/mol. The number of pyridine rings is 1. The van der Waals surface area contributed by atoms with Gasteiger partial charge in [-0.1, -0.05) is 17.7 Å². The molecule has 1 N–H and O–H groups in total. The summed E-state index contributed by atoms with van der Waals surface area (Å²) in [5.74, 6) is -0.610. The van der Waals surface area contributed by atoms with Crippen molar-refractivity contribution in [2.45, 2.75) is 20.3 Å². The Labute approximate surface area is 143 Å². The minimum Gasteiger partial charge on any atom is -0.481 e. The first-order chi connectivity index (χ1) is 11.4. The number of carbonyl (C=O) groups is 1. The molecule has 0 unspecified atom stereocenters. The van der Waals surface area contributed by atoms with Crippen molar-refractivity contribution in [3.05, 3.63) is 58.4 Å². The van der Waals surface area contributed by atoms with Crippen LogP contribution in [-0.2, 0) is 11.2 Å². The Balaban J connectivity index is 2.10. The molecule has 0 amide bonds. The highest BCUT2D eigenvalue weighted by molar-refractivity contribution is 6.30. The van der Waals surface area contributed by atoms with E-state index >= 15 is 0 Å². The lowest BCUT2D eigenvalue weighted by Crippen LogP contribution is -2.00. The Morgan fingerprint density at radius 2 is 1.92 bits per heavy atom. The topological polar surface area (TPSA) is 79.3 Å². The molecule has 2 heterocycles. The van der Waals surface area contributed by atoms with Gasteiger partial charge in [0.05, 0.1) is 22.8 Å². The molecule has 0 bridgehead atoms. The number of aromatic nitrogens is 2. The second-order valence-electron chi connectivity index (χ2n) is 5.57. The zero-order valence-electron chi connectivity index (χ0n) is 13.2. The first-order valence-electron chi connectivity index (χ1n) is 7.31. The molecule has 0 spiro atoms. The highest BCUT2D eigenvalue weighted by atomic mass is 35.5. The van der Waals surface area contributed by atoms with Crippen molar-refractivity contribution in [2.24, 2.45) is 10.2 Å². The molecular formula is C17H15ClN4O2. The van der Waals surface area contributed by atoms with E-state index in [-0.39, 0.29) is 6.42 Å². The number of fused-ring (bicyclic) bond motifs is 1. The molecule has 122 valence electrons. The van der Waals surface area contributed by atoms with E-state index in [4.69, 9.17) is 16.7 Å². The van der Waals surface area contributed by atoms with Gasteiger partial charge < -0.3 is 5.11 Å². The van der Waals surface area contributed by atoms with Crippen LogP contribution >= 0.6 is 11.6 Å². The Bertz CT molecular complexity index is 942. The summed E-state index contributed by atoms with van der Waals surface area (Å²) in [4.78, 5) is 15.4. The number of azo groups is 1. The fraction of sp³-hybridized carbons (Fsp3) is 0.176. The minimum absolute atomic E-state index is 0.236. The Kier molecular flexibility index (Phi) is 4.31. The Morgan fingerprint density at radius 1 is 1.21 bits per heavy atom. The largest absolute Gasteiger partial charge is 0.481 e. The number of carboxylic acids is 1. The number of imidazole rings is 1. The lowest BCUT2D eigenvalue weighted by atomic mass is 10.1. The number of carboxylic acid groups (broad SMARTS) is 1. The molecule has 24 heavy (non-hydrogen) atoms.